The van der Waals surface area contributed by atoms with Gasteiger partial charge in [-0.05, 0) is 41.8 Å². The van der Waals surface area contributed by atoms with Crippen molar-refractivity contribution in [2.45, 2.75) is 12.5 Å². The lowest BCUT2D eigenvalue weighted by Gasteiger charge is -2.15. The van der Waals surface area contributed by atoms with Gasteiger partial charge in [0.2, 0.25) is 0 Å². The van der Waals surface area contributed by atoms with Crippen LogP contribution in [0.5, 0.6) is 0 Å². The third-order valence-electron chi connectivity index (χ3n) is 3.51. The lowest BCUT2D eigenvalue weighted by atomic mass is 9.97. The van der Waals surface area contributed by atoms with E-state index in [-0.39, 0.29) is 6.04 Å². The van der Waals surface area contributed by atoms with E-state index in [2.05, 4.69) is 4.98 Å². The summed E-state index contributed by atoms with van der Waals surface area (Å²) in [6.45, 7) is 0. The molecule has 0 radical (unpaired) electrons. The van der Waals surface area contributed by atoms with Crippen molar-refractivity contribution in [3.63, 3.8) is 0 Å². The van der Waals surface area contributed by atoms with E-state index >= 15 is 0 Å². The number of hydrogen-bond acceptors (Lipinski definition) is 2. The molecule has 0 aliphatic heterocycles. The number of halogens is 2. The van der Waals surface area contributed by atoms with Gasteiger partial charge in [0.05, 0.1) is 5.52 Å². The zero-order valence-electron chi connectivity index (χ0n) is 11.3. The Morgan fingerprint density at radius 2 is 1.86 bits per heavy atom. The molecule has 0 saturated carbocycles. The molecule has 21 heavy (non-hydrogen) atoms. The highest BCUT2D eigenvalue weighted by Gasteiger charge is 2.13. The Labute approximate surface area is 133 Å². The molecule has 3 rings (SSSR count). The maximum absolute atomic E-state index is 6.37. The van der Waals surface area contributed by atoms with E-state index in [1.165, 1.54) is 0 Å². The molecule has 0 bridgehead atoms. The number of nitrogens with two attached hydrogens (primary N) is 1. The number of para-hydroxylation sites is 1. The fourth-order valence-electron chi connectivity index (χ4n) is 2.47. The van der Waals surface area contributed by atoms with Crippen molar-refractivity contribution in [2.24, 2.45) is 5.73 Å². The van der Waals surface area contributed by atoms with Gasteiger partial charge in [-0.15, -0.1) is 0 Å². The minimum absolute atomic E-state index is 0.181. The molecule has 1 aromatic heterocycles. The van der Waals surface area contributed by atoms with Gasteiger partial charge in [0.15, 0.2) is 0 Å². The van der Waals surface area contributed by atoms with Crippen molar-refractivity contribution < 1.29 is 0 Å². The number of benzene rings is 2. The molecule has 1 heterocycles. The van der Waals surface area contributed by atoms with Crippen molar-refractivity contribution in [1.29, 1.82) is 0 Å². The predicted molar refractivity (Wildman–Crippen MR) is 88.8 cm³/mol. The molecule has 106 valence electrons. The van der Waals surface area contributed by atoms with E-state index in [1.54, 1.807) is 18.3 Å². The van der Waals surface area contributed by atoms with Gasteiger partial charge < -0.3 is 5.73 Å². The van der Waals surface area contributed by atoms with Gasteiger partial charge in [-0.3, -0.25) is 4.98 Å². The fraction of sp³-hybridized carbons (Fsp3) is 0.118. The number of fused-ring (bicyclic) bond motifs is 1. The molecule has 0 amide bonds. The van der Waals surface area contributed by atoms with Crippen molar-refractivity contribution in [3.8, 4) is 0 Å². The summed E-state index contributed by atoms with van der Waals surface area (Å²) >= 11 is 12.2. The zero-order valence-corrected chi connectivity index (χ0v) is 12.8. The fourth-order valence-corrected chi connectivity index (χ4v) is 2.86. The van der Waals surface area contributed by atoms with Crippen LogP contribution in [0.15, 0.2) is 54.7 Å². The lowest BCUT2D eigenvalue weighted by Crippen LogP contribution is -2.14. The molecule has 0 spiro atoms. The van der Waals surface area contributed by atoms with E-state index in [0.29, 0.717) is 16.5 Å². The molecule has 1 atom stereocenters. The first kappa shape index (κ1) is 14.3. The number of pyridine rings is 1. The van der Waals surface area contributed by atoms with Gasteiger partial charge in [-0.1, -0.05) is 47.5 Å². The normalized spacial score (nSPS) is 12.5. The third-order valence-corrected chi connectivity index (χ3v) is 4.11. The number of hydrogen-bond donors (Lipinski definition) is 1. The highest BCUT2D eigenvalue weighted by atomic mass is 35.5. The van der Waals surface area contributed by atoms with Crippen LogP contribution < -0.4 is 5.73 Å². The summed E-state index contributed by atoms with van der Waals surface area (Å²) in [5.41, 5.74) is 9.27. The van der Waals surface area contributed by atoms with Crippen molar-refractivity contribution in [3.05, 3.63) is 75.9 Å². The van der Waals surface area contributed by atoms with Gasteiger partial charge in [-0.25, -0.2) is 0 Å². The summed E-state index contributed by atoms with van der Waals surface area (Å²) in [7, 11) is 0. The molecular formula is C17H14Cl2N2. The quantitative estimate of drug-likeness (QED) is 0.755. The molecule has 0 saturated heterocycles. The second-order valence-corrected chi connectivity index (χ2v) is 5.81. The molecule has 4 heteroatoms. The van der Waals surface area contributed by atoms with Crippen LogP contribution in [0.2, 0.25) is 10.0 Å². The standard InChI is InChI=1S/C17H14Cl2N2/c18-13-6-7-15(19)12(9-13)10-16(20)14-5-1-3-11-4-2-8-21-17(11)14/h1-9,16H,10,20H2. The minimum Gasteiger partial charge on any atom is -0.324 e. The van der Waals surface area contributed by atoms with Crippen LogP contribution in [0.3, 0.4) is 0 Å². The van der Waals surface area contributed by atoms with E-state index in [0.717, 1.165) is 22.0 Å². The van der Waals surface area contributed by atoms with Gasteiger partial charge in [-0.2, -0.15) is 0 Å². The first-order chi connectivity index (χ1) is 10.1. The molecular weight excluding hydrogens is 303 g/mol. The van der Waals surface area contributed by atoms with E-state index in [9.17, 15) is 0 Å². The predicted octanol–water partition coefficient (Wildman–Crippen LogP) is 4.78. The van der Waals surface area contributed by atoms with Gasteiger partial charge in [0, 0.05) is 27.7 Å². The molecule has 2 nitrogen and oxygen atoms in total. The van der Waals surface area contributed by atoms with Gasteiger partial charge in [0.25, 0.3) is 0 Å². The summed E-state index contributed by atoms with van der Waals surface area (Å²) in [6.07, 6.45) is 2.40. The third kappa shape index (κ3) is 3.03. The number of rotatable bonds is 3. The van der Waals surface area contributed by atoms with Crippen LogP contribution in [0.25, 0.3) is 10.9 Å². The largest absolute Gasteiger partial charge is 0.324 e. The monoisotopic (exact) mass is 316 g/mol. The summed E-state index contributed by atoms with van der Waals surface area (Å²) in [5.74, 6) is 0. The Kier molecular flexibility index (Phi) is 4.11. The lowest BCUT2D eigenvalue weighted by molar-refractivity contribution is 0.726. The van der Waals surface area contributed by atoms with Gasteiger partial charge in [0.1, 0.15) is 0 Å². The van der Waals surface area contributed by atoms with Gasteiger partial charge >= 0.3 is 0 Å². The zero-order chi connectivity index (χ0) is 14.8. The van der Waals surface area contributed by atoms with Crippen LogP contribution >= 0.6 is 23.2 Å². The minimum atomic E-state index is -0.181. The highest BCUT2D eigenvalue weighted by Crippen LogP contribution is 2.27. The second kappa shape index (κ2) is 6.02. The summed E-state index contributed by atoms with van der Waals surface area (Å²) in [6, 6.07) is 15.3. The Hall–Kier alpha value is -1.61. The van der Waals surface area contributed by atoms with Crippen LogP contribution in [0.4, 0.5) is 0 Å². The van der Waals surface area contributed by atoms with Crippen LogP contribution in [-0.2, 0) is 6.42 Å². The summed E-state index contributed by atoms with van der Waals surface area (Å²) < 4.78 is 0. The highest BCUT2D eigenvalue weighted by molar-refractivity contribution is 6.33. The number of aromatic nitrogens is 1. The Morgan fingerprint density at radius 3 is 2.71 bits per heavy atom. The summed E-state index contributed by atoms with van der Waals surface area (Å²) in [4.78, 5) is 4.44. The molecule has 2 aromatic carbocycles. The van der Waals surface area contributed by atoms with Crippen LogP contribution in [-0.4, -0.2) is 4.98 Å². The first-order valence-corrected chi connectivity index (χ1v) is 7.44. The molecule has 2 N–H and O–H groups in total. The Morgan fingerprint density at radius 1 is 1.05 bits per heavy atom. The first-order valence-electron chi connectivity index (χ1n) is 6.68. The van der Waals surface area contributed by atoms with Crippen LogP contribution in [0.1, 0.15) is 17.2 Å². The maximum atomic E-state index is 6.37. The molecule has 0 fully saturated rings. The maximum Gasteiger partial charge on any atom is 0.0749 e. The molecule has 0 aliphatic carbocycles. The smallest absolute Gasteiger partial charge is 0.0749 e. The Balaban J connectivity index is 1.97. The van der Waals surface area contributed by atoms with E-state index < -0.39 is 0 Å². The molecule has 1 unspecified atom stereocenters. The van der Waals surface area contributed by atoms with Crippen molar-refractivity contribution in [1.82, 2.24) is 4.98 Å². The topological polar surface area (TPSA) is 38.9 Å². The van der Waals surface area contributed by atoms with Crippen molar-refractivity contribution >= 4 is 34.1 Å². The van der Waals surface area contributed by atoms with Crippen LogP contribution in [0, 0.1) is 0 Å². The average Bonchev–Trinajstić information content (AvgIpc) is 2.50. The van der Waals surface area contributed by atoms with E-state index in [4.69, 9.17) is 28.9 Å². The van der Waals surface area contributed by atoms with Crippen molar-refractivity contribution in [2.75, 3.05) is 0 Å². The number of nitrogens with zero attached hydrogens (tertiary/aromatic N) is 1. The molecule has 0 aliphatic rings. The average molecular weight is 317 g/mol. The second-order valence-electron chi connectivity index (χ2n) is 4.97. The Bertz CT molecular complexity index is 781. The SMILES string of the molecule is NC(Cc1cc(Cl)ccc1Cl)c1cccc2cccnc12. The molecule has 3 aromatic rings. The van der Waals surface area contributed by atoms with E-state index in [1.807, 2.05) is 36.4 Å². The summed E-state index contributed by atoms with van der Waals surface area (Å²) in [5, 5.41) is 2.43.